The molecule has 2 fully saturated rings. The molecule has 20 heavy (non-hydrogen) atoms. The molecule has 1 N–H and O–H groups in total. The SMILES string of the molecule is CSc1cccc(N2CC(=O)NC3(CCCC3)C2=O)c1. The normalized spacial score (nSPS) is 21.4. The standard InChI is InChI=1S/C15H18N2O2S/c1-20-12-6-4-5-11(9-12)17-10-13(18)16-15(14(17)19)7-2-3-8-15/h4-6,9H,2-3,7-8,10H2,1H3,(H,16,18). The highest BCUT2D eigenvalue weighted by Gasteiger charge is 2.48. The number of amides is 2. The number of nitrogens with one attached hydrogen (secondary N) is 1. The topological polar surface area (TPSA) is 49.4 Å². The molecule has 1 saturated carbocycles. The number of benzene rings is 1. The van der Waals surface area contributed by atoms with Crippen LogP contribution in [0.5, 0.6) is 0 Å². The monoisotopic (exact) mass is 290 g/mol. The maximum absolute atomic E-state index is 12.8. The van der Waals surface area contributed by atoms with Crippen molar-refractivity contribution < 1.29 is 9.59 Å². The van der Waals surface area contributed by atoms with Crippen LogP contribution in [0.15, 0.2) is 29.2 Å². The average Bonchev–Trinajstić information content (AvgIpc) is 2.92. The molecule has 2 amide bonds. The first-order chi connectivity index (χ1) is 9.64. The quantitative estimate of drug-likeness (QED) is 0.849. The second kappa shape index (κ2) is 5.13. The van der Waals surface area contributed by atoms with E-state index in [1.54, 1.807) is 16.7 Å². The van der Waals surface area contributed by atoms with Gasteiger partial charge in [0.25, 0.3) is 5.91 Å². The van der Waals surface area contributed by atoms with Crippen molar-refractivity contribution >= 4 is 29.3 Å². The summed E-state index contributed by atoms with van der Waals surface area (Å²) in [4.78, 5) is 27.5. The number of hydrogen-bond acceptors (Lipinski definition) is 3. The molecule has 106 valence electrons. The van der Waals surface area contributed by atoms with Crippen molar-refractivity contribution in [1.82, 2.24) is 5.32 Å². The highest BCUT2D eigenvalue weighted by atomic mass is 32.2. The molecule has 1 aliphatic carbocycles. The molecule has 1 aromatic rings. The van der Waals surface area contributed by atoms with Gasteiger partial charge >= 0.3 is 0 Å². The van der Waals surface area contributed by atoms with E-state index in [2.05, 4.69) is 5.32 Å². The Hall–Kier alpha value is -1.49. The molecule has 0 aromatic heterocycles. The van der Waals surface area contributed by atoms with E-state index in [0.717, 1.165) is 36.3 Å². The van der Waals surface area contributed by atoms with Crippen LogP contribution >= 0.6 is 11.8 Å². The Morgan fingerprint density at radius 1 is 1.25 bits per heavy atom. The van der Waals surface area contributed by atoms with E-state index < -0.39 is 5.54 Å². The molecule has 1 aromatic carbocycles. The summed E-state index contributed by atoms with van der Waals surface area (Å²) < 4.78 is 0. The maximum atomic E-state index is 12.8. The summed E-state index contributed by atoms with van der Waals surface area (Å²) in [6.45, 7) is 0.123. The Balaban J connectivity index is 1.95. The lowest BCUT2D eigenvalue weighted by molar-refractivity contribution is -0.135. The van der Waals surface area contributed by atoms with Gasteiger partial charge in [-0.15, -0.1) is 11.8 Å². The first-order valence-corrected chi connectivity index (χ1v) is 8.14. The van der Waals surface area contributed by atoms with E-state index in [0.29, 0.717) is 0 Å². The number of hydrogen-bond donors (Lipinski definition) is 1. The van der Waals surface area contributed by atoms with Crippen molar-refractivity contribution in [3.63, 3.8) is 0 Å². The van der Waals surface area contributed by atoms with Crippen LogP contribution in [0.3, 0.4) is 0 Å². The third kappa shape index (κ3) is 2.20. The second-order valence-electron chi connectivity index (χ2n) is 5.43. The molecule has 3 rings (SSSR count). The van der Waals surface area contributed by atoms with E-state index >= 15 is 0 Å². The molecule has 0 unspecified atom stereocenters. The fourth-order valence-electron chi connectivity index (χ4n) is 3.14. The largest absolute Gasteiger partial charge is 0.340 e. The number of carbonyl (C=O) groups excluding carboxylic acids is 2. The van der Waals surface area contributed by atoms with Gasteiger partial charge in [-0.1, -0.05) is 18.9 Å². The molecule has 2 aliphatic rings. The molecule has 5 heteroatoms. The highest BCUT2D eigenvalue weighted by molar-refractivity contribution is 7.98. The van der Waals surface area contributed by atoms with E-state index in [1.165, 1.54) is 0 Å². The van der Waals surface area contributed by atoms with Crippen LogP contribution in [0.2, 0.25) is 0 Å². The lowest BCUT2D eigenvalue weighted by atomic mass is 9.92. The van der Waals surface area contributed by atoms with Gasteiger partial charge in [-0.2, -0.15) is 0 Å². The van der Waals surface area contributed by atoms with E-state index in [4.69, 9.17) is 0 Å². The Morgan fingerprint density at radius 3 is 2.70 bits per heavy atom. The minimum Gasteiger partial charge on any atom is -0.340 e. The molecule has 1 heterocycles. The van der Waals surface area contributed by atoms with Crippen molar-refractivity contribution in [3.05, 3.63) is 24.3 Å². The molecular weight excluding hydrogens is 272 g/mol. The van der Waals surface area contributed by atoms with Gasteiger partial charge in [0.1, 0.15) is 12.1 Å². The number of carbonyl (C=O) groups is 2. The first-order valence-electron chi connectivity index (χ1n) is 6.92. The van der Waals surface area contributed by atoms with E-state index in [-0.39, 0.29) is 18.4 Å². The zero-order valence-corrected chi connectivity index (χ0v) is 12.3. The fraction of sp³-hybridized carbons (Fsp3) is 0.467. The third-order valence-corrected chi connectivity index (χ3v) is 4.88. The predicted molar refractivity (Wildman–Crippen MR) is 79.9 cm³/mol. The van der Waals surface area contributed by atoms with Crippen LogP contribution in [-0.4, -0.2) is 30.2 Å². The van der Waals surface area contributed by atoms with Gasteiger partial charge in [0.2, 0.25) is 5.91 Å². The molecule has 0 bridgehead atoms. The molecule has 1 aliphatic heterocycles. The summed E-state index contributed by atoms with van der Waals surface area (Å²) in [5.41, 5.74) is 0.174. The number of rotatable bonds is 2. The Labute approximate surface area is 122 Å². The fourth-order valence-corrected chi connectivity index (χ4v) is 3.59. The Bertz CT molecular complexity index is 553. The van der Waals surface area contributed by atoms with Crippen molar-refractivity contribution in [2.45, 2.75) is 36.1 Å². The smallest absolute Gasteiger partial charge is 0.253 e. The van der Waals surface area contributed by atoms with Crippen LogP contribution in [0.4, 0.5) is 5.69 Å². The predicted octanol–water partition coefficient (Wildman–Crippen LogP) is 2.18. The van der Waals surface area contributed by atoms with Crippen molar-refractivity contribution in [1.29, 1.82) is 0 Å². The summed E-state index contributed by atoms with van der Waals surface area (Å²) in [7, 11) is 0. The minimum atomic E-state index is -0.648. The lowest BCUT2D eigenvalue weighted by Crippen LogP contribution is -2.65. The summed E-state index contributed by atoms with van der Waals surface area (Å²) in [6, 6.07) is 7.82. The second-order valence-corrected chi connectivity index (χ2v) is 6.31. The number of piperazine rings is 1. The first kappa shape index (κ1) is 13.5. The Kier molecular flexibility index (Phi) is 3.46. The number of nitrogens with zero attached hydrogens (tertiary/aromatic N) is 1. The van der Waals surface area contributed by atoms with Gasteiger partial charge in [-0.05, 0) is 37.3 Å². The van der Waals surface area contributed by atoms with Gasteiger partial charge in [0.15, 0.2) is 0 Å². The van der Waals surface area contributed by atoms with Crippen molar-refractivity contribution in [2.75, 3.05) is 17.7 Å². The van der Waals surface area contributed by atoms with Crippen molar-refractivity contribution in [3.8, 4) is 0 Å². The molecule has 0 radical (unpaired) electrons. The third-order valence-electron chi connectivity index (χ3n) is 4.16. The maximum Gasteiger partial charge on any atom is 0.253 e. The van der Waals surface area contributed by atoms with Gasteiger partial charge in [-0.25, -0.2) is 0 Å². The van der Waals surface area contributed by atoms with Crippen LogP contribution in [0.1, 0.15) is 25.7 Å². The van der Waals surface area contributed by atoms with Crippen LogP contribution in [0.25, 0.3) is 0 Å². The summed E-state index contributed by atoms with van der Waals surface area (Å²) >= 11 is 1.63. The van der Waals surface area contributed by atoms with E-state index in [9.17, 15) is 9.59 Å². The number of anilines is 1. The number of thioether (sulfide) groups is 1. The molecule has 0 atom stereocenters. The zero-order chi connectivity index (χ0) is 14.2. The van der Waals surface area contributed by atoms with Gasteiger partial charge in [-0.3, -0.25) is 9.59 Å². The molecule has 1 saturated heterocycles. The summed E-state index contributed by atoms with van der Waals surface area (Å²) in [5, 5.41) is 2.93. The molecular formula is C15H18N2O2S. The highest BCUT2D eigenvalue weighted by Crippen LogP contribution is 2.35. The van der Waals surface area contributed by atoms with Gasteiger partial charge < -0.3 is 10.2 Å². The Morgan fingerprint density at radius 2 is 2.00 bits per heavy atom. The zero-order valence-electron chi connectivity index (χ0n) is 11.5. The summed E-state index contributed by atoms with van der Waals surface area (Å²) in [6.07, 6.45) is 5.53. The molecule has 4 nitrogen and oxygen atoms in total. The van der Waals surface area contributed by atoms with Crippen LogP contribution in [-0.2, 0) is 9.59 Å². The van der Waals surface area contributed by atoms with Gasteiger partial charge in [0.05, 0.1) is 0 Å². The lowest BCUT2D eigenvalue weighted by Gasteiger charge is -2.39. The summed E-state index contributed by atoms with van der Waals surface area (Å²) in [5.74, 6) is -0.00564. The minimum absolute atomic E-state index is 0.0489. The average molecular weight is 290 g/mol. The van der Waals surface area contributed by atoms with E-state index in [1.807, 2.05) is 30.5 Å². The van der Waals surface area contributed by atoms with Crippen LogP contribution in [0, 0.1) is 0 Å². The van der Waals surface area contributed by atoms with Crippen LogP contribution < -0.4 is 10.2 Å². The van der Waals surface area contributed by atoms with Gasteiger partial charge in [0, 0.05) is 10.6 Å². The van der Waals surface area contributed by atoms with Crippen molar-refractivity contribution in [2.24, 2.45) is 0 Å². The molecule has 1 spiro atoms.